The minimum Gasteiger partial charge on any atom is -0.309 e. The van der Waals surface area contributed by atoms with Crippen LogP contribution in [0.3, 0.4) is 0 Å². The summed E-state index contributed by atoms with van der Waals surface area (Å²) in [5.74, 6) is 0.776. The molecule has 1 N–H and O–H groups in total. The van der Waals surface area contributed by atoms with Gasteiger partial charge in [0.15, 0.2) is 0 Å². The maximum atomic E-state index is 4.62. The maximum Gasteiger partial charge on any atom is 0.224 e. The number of hydrazone groups is 1. The summed E-state index contributed by atoms with van der Waals surface area (Å²) in [6.45, 7) is 7.13. The van der Waals surface area contributed by atoms with E-state index >= 15 is 0 Å². The normalized spacial score (nSPS) is 11.9. The third kappa shape index (κ3) is 3.11. The number of aromatic nitrogens is 2. The zero-order chi connectivity index (χ0) is 16.2. The lowest BCUT2D eigenvalue weighted by Gasteiger charge is -2.06. The van der Waals surface area contributed by atoms with Crippen LogP contribution in [0.15, 0.2) is 53.6 Å². The fourth-order valence-electron chi connectivity index (χ4n) is 2.66. The first kappa shape index (κ1) is 15.3. The number of nitrogens with one attached hydrogen (secondary N) is 1. The van der Waals surface area contributed by atoms with E-state index in [1.807, 2.05) is 25.1 Å². The van der Waals surface area contributed by atoms with Crippen molar-refractivity contribution >= 4 is 22.7 Å². The first-order chi connectivity index (χ1) is 11.2. The number of hydrogen-bond acceptors (Lipinski definition) is 3. The number of nitrogens with zero attached hydrogens (tertiary/aromatic N) is 3. The fraction of sp³-hybridized carbons (Fsp3) is 0.263. The largest absolute Gasteiger partial charge is 0.309 e. The van der Waals surface area contributed by atoms with E-state index in [9.17, 15) is 0 Å². The molecule has 1 heterocycles. The first-order valence-corrected chi connectivity index (χ1v) is 8.07. The minimum atomic E-state index is 0.776. The van der Waals surface area contributed by atoms with Crippen molar-refractivity contribution in [3.63, 3.8) is 0 Å². The molecule has 3 aromatic rings. The Morgan fingerprint density at radius 2 is 1.83 bits per heavy atom. The van der Waals surface area contributed by atoms with E-state index in [1.165, 1.54) is 5.56 Å². The van der Waals surface area contributed by atoms with E-state index in [2.05, 4.69) is 64.3 Å². The van der Waals surface area contributed by atoms with Crippen molar-refractivity contribution < 1.29 is 0 Å². The number of para-hydroxylation sites is 2. The van der Waals surface area contributed by atoms with Gasteiger partial charge in [0.1, 0.15) is 0 Å². The molecule has 0 fully saturated rings. The monoisotopic (exact) mass is 306 g/mol. The highest BCUT2D eigenvalue weighted by atomic mass is 15.4. The van der Waals surface area contributed by atoms with Gasteiger partial charge in [0.2, 0.25) is 5.95 Å². The van der Waals surface area contributed by atoms with Crippen LogP contribution >= 0.6 is 0 Å². The number of rotatable bonds is 5. The Bertz CT molecular complexity index is 828. The van der Waals surface area contributed by atoms with Crippen molar-refractivity contribution in [1.82, 2.24) is 9.55 Å². The standard InChI is InChI=1S/C19H22N4/c1-4-15-10-12-16(13-11-15)14(3)21-22-19-20-17-8-6-7-9-18(17)23(19)5-2/h6-13H,4-5H2,1-3H3,(H,20,22)/b21-14+. The smallest absolute Gasteiger partial charge is 0.224 e. The number of benzene rings is 2. The molecule has 118 valence electrons. The van der Waals surface area contributed by atoms with E-state index in [0.717, 1.165) is 41.2 Å². The molecular formula is C19H22N4. The molecule has 0 aliphatic rings. The predicted octanol–water partition coefficient (Wildman–Crippen LogP) is 4.45. The molecular weight excluding hydrogens is 284 g/mol. The van der Waals surface area contributed by atoms with E-state index in [4.69, 9.17) is 0 Å². The second-order valence-electron chi connectivity index (χ2n) is 5.53. The van der Waals surface area contributed by atoms with Gasteiger partial charge < -0.3 is 4.57 Å². The topological polar surface area (TPSA) is 42.2 Å². The van der Waals surface area contributed by atoms with Gasteiger partial charge in [-0.05, 0) is 43.5 Å². The lowest BCUT2D eigenvalue weighted by atomic mass is 10.1. The molecule has 3 rings (SSSR count). The van der Waals surface area contributed by atoms with Crippen molar-refractivity contribution in [1.29, 1.82) is 0 Å². The van der Waals surface area contributed by atoms with Crippen LogP contribution in [-0.4, -0.2) is 15.3 Å². The Balaban J connectivity index is 1.86. The summed E-state index contributed by atoms with van der Waals surface area (Å²) in [7, 11) is 0. The van der Waals surface area contributed by atoms with Crippen LogP contribution in [0.25, 0.3) is 11.0 Å². The third-order valence-corrected chi connectivity index (χ3v) is 4.07. The molecule has 4 heteroatoms. The second kappa shape index (κ2) is 6.65. The van der Waals surface area contributed by atoms with Crippen LogP contribution in [0.5, 0.6) is 0 Å². The molecule has 0 aliphatic carbocycles. The van der Waals surface area contributed by atoms with Gasteiger partial charge in [-0.2, -0.15) is 5.10 Å². The highest BCUT2D eigenvalue weighted by Gasteiger charge is 2.08. The van der Waals surface area contributed by atoms with Crippen LogP contribution in [0.1, 0.15) is 31.9 Å². The quantitative estimate of drug-likeness (QED) is 0.559. The summed E-state index contributed by atoms with van der Waals surface area (Å²) in [4.78, 5) is 4.62. The molecule has 0 radical (unpaired) electrons. The van der Waals surface area contributed by atoms with E-state index in [1.54, 1.807) is 0 Å². The summed E-state index contributed by atoms with van der Waals surface area (Å²) >= 11 is 0. The Morgan fingerprint density at radius 1 is 1.09 bits per heavy atom. The Morgan fingerprint density at radius 3 is 2.52 bits per heavy atom. The Labute approximate surface area is 136 Å². The molecule has 0 amide bonds. The summed E-state index contributed by atoms with van der Waals surface area (Å²) in [6, 6.07) is 16.7. The van der Waals surface area contributed by atoms with Gasteiger partial charge in [0, 0.05) is 6.54 Å². The van der Waals surface area contributed by atoms with Crippen molar-refractivity contribution in [2.45, 2.75) is 33.7 Å². The Kier molecular flexibility index (Phi) is 4.42. The molecule has 0 aliphatic heterocycles. The average molecular weight is 306 g/mol. The second-order valence-corrected chi connectivity index (χ2v) is 5.53. The summed E-state index contributed by atoms with van der Waals surface area (Å²) in [5, 5.41) is 4.51. The maximum absolute atomic E-state index is 4.62. The van der Waals surface area contributed by atoms with Gasteiger partial charge >= 0.3 is 0 Å². The minimum absolute atomic E-state index is 0.776. The van der Waals surface area contributed by atoms with Gasteiger partial charge in [0.25, 0.3) is 0 Å². The van der Waals surface area contributed by atoms with E-state index in [0.29, 0.717) is 0 Å². The van der Waals surface area contributed by atoms with E-state index < -0.39 is 0 Å². The van der Waals surface area contributed by atoms with Gasteiger partial charge in [-0.25, -0.2) is 10.4 Å². The molecule has 0 saturated heterocycles. The van der Waals surface area contributed by atoms with Crippen LogP contribution in [0, 0.1) is 0 Å². The highest BCUT2D eigenvalue weighted by molar-refractivity contribution is 5.99. The van der Waals surface area contributed by atoms with Crippen LogP contribution in [0.2, 0.25) is 0 Å². The van der Waals surface area contributed by atoms with Crippen LogP contribution in [-0.2, 0) is 13.0 Å². The van der Waals surface area contributed by atoms with Crippen molar-refractivity contribution in [2.75, 3.05) is 5.43 Å². The fourth-order valence-corrected chi connectivity index (χ4v) is 2.66. The molecule has 2 aromatic carbocycles. The predicted molar refractivity (Wildman–Crippen MR) is 97.1 cm³/mol. The van der Waals surface area contributed by atoms with Gasteiger partial charge in [-0.15, -0.1) is 0 Å². The lowest BCUT2D eigenvalue weighted by Crippen LogP contribution is -2.05. The van der Waals surface area contributed by atoms with E-state index in [-0.39, 0.29) is 0 Å². The van der Waals surface area contributed by atoms with Crippen molar-refractivity contribution in [3.05, 3.63) is 59.7 Å². The SMILES string of the molecule is CCc1ccc(/C(C)=N/Nc2nc3ccccc3n2CC)cc1. The Hall–Kier alpha value is -2.62. The third-order valence-electron chi connectivity index (χ3n) is 4.07. The van der Waals surface area contributed by atoms with Crippen molar-refractivity contribution in [2.24, 2.45) is 5.10 Å². The van der Waals surface area contributed by atoms with Gasteiger partial charge in [-0.1, -0.05) is 43.3 Å². The molecule has 4 nitrogen and oxygen atoms in total. The molecule has 0 unspecified atom stereocenters. The molecule has 0 bridgehead atoms. The molecule has 0 atom stereocenters. The number of aryl methyl sites for hydroxylation is 2. The number of anilines is 1. The lowest BCUT2D eigenvalue weighted by molar-refractivity contribution is 0.791. The summed E-state index contributed by atoms with van der Waals surface area (Å²) < 4.78 is 2.13. The zero-order valence-electron chi connectivity index (χ0n) is 13.9. The summed E-state index contributed by atoms with van der Waals surface area (Å²) in [6.07, 6.45) is 1.05. The number of fused-ring (bicyclic) bond motifs is 1. The summed E-state index contributed by atoms with van der Waals surface area (Å²) in [5.41, 5.74) is 8.63. The molecule has 0 saturated carbocycles. The van der Waals surface area contributed by atoms with Gasteiger partial charge in [-0.3, -0.25) is 0 Å². The molecule has 0 spiro atoms. The molecule has 23 heavy (non-hydrogen) atoms. The highest BCUT2D eigenvalue weighted by Crippen LogP contribution is 2.19. The van der Waals surface area contributed by atoms with Crippen LogP contribution in [0.4, 0.5) is 5.95 Å². The van der Waals surface area contributed by atoms with Crippen molar-refractivity contribution in [3.8, 4) is 0 Å². The van der Waals surface area contributed by atoms with Crippen LogP contribution < -0.4 is 5.43 Å². The number of imidazole rings is 1. The first-order valence-electron chi connectivity index (χ1n) is 8.07. The van der Waals surface area contributed by atoms with Gasteiger partial charge in [0.05, 0.1) is 16.7 Å². The average Bonchev–Trinajstić information content (AvgIpc) is 2.97. The zero-order valence-corrected chi connectivity index (χ0v) is 13.9. The molecule has 1 aromatic heterocycles. The number of hydrogen-bond donors (Lipinski definition) is 1.